The lowest BCUT2D eigenvalue weighted by molar-refractivity contribution is 0.708. The van der Waals surface area contributed by atoms with Gasteiger partial charge in [0.2, 0.25) is 0 Å². The monoisotopic (exact) mass is 332 g/mol. The molecule has 4 heteroatoms. The fourth-order valence-corrected chi connectivity index (χ4v) is 2.98. The molecule has 1 aromatic carbocycles. The minimum atomic E-state index is 0.0593. The van der Waals surface area contributed by atoms with Crippen LogP contribution in [0, 0.1) is 0 Å². The zero-order valence-electron chi connectivity index (χ0n) is 11.3. The van der Waals surface area contributed by atoms with Gasteiger partial charge in [-0.3, -0.25) is 4.79 Å². The van der Waals surface area contributed by atoms with Gasteiger partial charge in [-0.1, -0.05) is 34.5 Å². The minimum Gasteiger partial charge on any atom is -0.310 e. The Labute approximate surface area is 126 Å². The molecule has 0 unspecified atom stereocenters. The van der Waals surface area contributed by atoms with Crippen LogP contribution in [0.15, 0.2) is 33.5 Å². The van der Waals surface area contributed by atoms with E-state index < -0.39 is 0 Å². The van der Waals surface area contributed by atoms with E-state index >= 15 is 0 Å². The van der Waals surface area contributed by atoms with Crippen molar-refractivity contribution in [3.8, 4) is 0 Å². The van der Waals surface area contributed by atoms with Crippen molar-refractivity contribution in [2.75, 3.05) is 0 Å². The summed E-state index contributed by atoms with van der Waals surface area (Å²) in [6.07, 6.45) is 5.92. The summed E-state index contributed by atoms with van der Waals surface area (Å²) in [5.74, 6) is 0.776. The molecule has 0 spiro atoms. The van der Waals surface area contributed by atoms with Gasteiger partial charge < -0.3 is 4.98 Å². The largest absolute Gasteiger partial charge is 0.310 e. The molecule has 0 bridgehead atoms. The number of benzene rings is 1. The van der Waals surface area contributed by atoms with E-state index in [0.717, 1.165) is 52.8 Å². The van der Waals surface area contributed by atoms with E-state index in [1.54, 1.807) is 0 Å². The van der Waals surface area contributed by atoms with Gasteiger partial charge in [-0.05, 0) is 43.4 Å². The zero-order valence-corrected chi connectivity index (χ0v) is 12.9. The Balaban J connectivity index is 1.91. The van der Waals surface area contributed by atoms with Crippen LogP contribution in [0.2, 0.25) is 0 Å². The van der Waals surface area contributed by atoms with Crippen LogP contribution in [-0.2, 0) is 19.3 Å². The lowest BCUT2D eigenvalue weighted by atomic mass is 10.1. The van der Waals surface area contributed by atoms with Gasteiger partial charge in [0.05, 0.1) is 5.69 Å². The second kappa shape index (κ2) is 5.92. The third-order valence-electron chi connectivity index (χ3n) is 3.78. The van der Waals surface area contributed by atoms with Crippen LogP contribution >= 0.6 is 15.9 Å². The van der Waals surface area contributed by atoms with Crippen molar-refractivity contribution in [3.63, 3.8) is 0 Å². The molecule has 3 nitrogen and oxygen atoms in total. The van der Waals surface area contributed by atoms with E-state index in [1.165, 1.54) is 6.42 Å². The summed E-state index contributed by atoms with van der Waals surface area (Å²) >= 11 is 3.43. The fourth-order valence-electron chi connectivity index (χ4n) is 2.71. The molecule has 0 saturated heterocycles. The van der Waals surface area contributed by atoms with Crippen molar-refractivity contribution in [3.05, 3.63) is 61.7 Å². The Bertz CT molecular complexity index is 661. The Hall–Kier alpha value is -1.42. The van der Waals surface area contributed by atoms with Crippen molar-refractivity contribution >= 4 is 15.9 Å². The molecule has 1 aliphatic carbocycles. The Morgan fingerprint density at radius 3 is 2.65 bits per heavy atom. The number of hydrogen-bond acceptors (Lipinski definition) is 2. The molecule has 0 amide bonds. The second-order valence-corrected chi connectivity index (χ2v) is 6.22. The SMILES string of the molecule is O=c1[nH]c(Cc2ccc(Br)cc2)nc2c1CCCCC2. The molecule has 0 radical (unpaired) electrons. The van der Waals surface area contributed by atoms with E-state index in [0.29, 0.717) is 6.42 Å². The standard InChI is InChI=1S/C16H17BrN2O/c17-12-8-6-11(7-9-12)10-15-18-14-5-3-1-2-4-13(14)16(20)19-15/h6-9H,1-5,10H2,(H,18,19,20). The number of hydrogen-bond donors (Lipinski definition) is 1. The van der Waals surface area contributed by atoms with Crippen LogP contribution in [0.25, 0.3) is 0 Å². The summed E-state index contributed by atoms with van der Waals surface area (Å²) < 4.78 is 1.06. The van der Waals surface area contributed by atoms with E-state index in [1.807, 2.05) is 12.1 Å². The summed E-state index contributed by atoms with van der Waals surface area (Å²) in [5.41, 5.74) is 3.13. The molecule has 0 fully saturated rings. The van der Waals surface area contributed by atoms with Crippen LogP contribution in [0.5, 0.6) is 0 Å². The molecule has 20 heavy (non-hydrogen) atoms. The first kappa shape index (κ1) is 13.6. The van der Waals surface area contributed by atoms with E-state index in [-0.39, 0.29) is 5.56 Å². The smallest absolute Gasteiger partial charge is 0.254 e. The molecule has 1 heterocycles. The number of halogens is 1. The highest BCUT2D eigenvalue weighted by Gasteiger charge is 2.14. The van der Waals surface area contributed by atoms with Crippen molar-refractivity contribution < 1.29 is 0 Å². The minimum absolute atomic E-state index is 0.0593. The summed E-state index contributed by atoms with van der Waals surface area (Å²) in [6, 6.07) is 8.12. The molecule has 0 saturated carbocycles. The van der Waals surface area contributed by atoms with Crippen molar-refractivity contribution in [1.29, 1.82) is 0 Å². The van der Waals surface area contributed by atoms with Gasteiger partial charge in [0.25, 0.3) is 5.56 Å². The van der Waals surface area contributed by atoms with Crippen LogP contribution in [0.1, 0.15) is 41.9 Å². The second-order valence-electron chi connectivity index (χ2n) is 5.30. The average molecular weight is 333 g/mol. The molecule has 0 atom stereocenters. The maximum absolute atomic E-state index is 12.2. The van der Waals surface area contributed by atoms with Gasteiger partial charge in [-0.15, -0.1) is 0 Å². The van der Waals surface area contributed by atoms with Crippen molar-refractivity contribution in [1.82, 2.24) is 9.97 Å². The van der Waals surface area contributed by atoms with Crippen LogP contribution in [-0.4, -0.2) is 9.97 Å². The number of nitrogens with one attached hydrogen (secondary N) is 1. The van der Waals surface area contributed by atoms with Crippen LogP contribution < -0.4 is 5.56 Å². The lowest BCUT2D eigenvalue weighted by Gasteiger charge is -2.07. The number of aromatic nitrogens is 2. The third-order valence-corrected chi connectivity index (χ3v) is 4.30. The highest BCUT2D eigenvalue weighted by atomic mass is 79.9. The summed E-state index contributed by atoms with van der Waals surface area (Å²) in [7, 11) is 0. The third kappa shape index (κ3) is 3.01. The van der Waals surface area contributed by atoms with Gasteiger partial charge in [0.1, 0.15) is 5.82 Å². The van der Waals surface area contributed by atoms with E-state index in [2.05, 4.69) is 38.0 Å². The quantitative estimate of drug-likeness (QED) is 0.857. The normalized spacial score (nSPS) is 14.7. The van der Waals surface area contributed by atoms with E-state index in [9.17, 15) is 4.79 Å². The predicted molar refractivity (Wildman–Crippen MR) is 83.1 cm³/mol. The fraction of sp³-hybridized carbons (Fsp3) is 0.375. The van der Waals surface area contributed by atoms with Gasteiger partial charge >= 0.3 is 0 Å². The molecule has 2 aromatic rings. The predicted octanol–water partition coefficient (Wildman–Crippen LogP) is 3.39. The Morgan fingerprint density at radius 2 is 1.85 bits per heavy atom. The van der Waals surface area contributed by atoms with Crippen LogP contribution in [0.4, 0.5) is 0 Å². The number of H-pyrrole nitrogens is 1. The first-order valence-electron chi connectivity index (χ1n) is 7.08. The zero-order chi connectivity index (χ0) is 13.9. The molecule has 1 N–H and O–H groups in total. The number of aromatic amines is 1. The van der Waals surface area contributed by atoms with Crippen molar-refractivity contribution in [2.45, 2.75) is 38.5 Å². The Morgan fingerprint density at radius 1 is 1.10 bits per heavy atom. The van der Waals surface area contributed by atoms with Gasteiger partial charge in [-0.25, -0.2) is 4.98 Å². The summed E-state index contributed by atoms with van der Waals surface area (Å²) in [4.78, 5) is 19.8. The van der Waals surface area contributed by atoms with E-state index in [4.69, 9.17) is 0 Å². The summed E-state index contributed by atoms with van der Waals surface area (Å²) in [6.45, 7) is 0. The average Bonchev–Trinajstić information content (AvgIpc) is 2.67. The number of fused-ring (bicyclic) bond motifs is 1. The molecule has 3 rings (SSSR count). The van der Waals surface area contributed by atoms with Crippen LogP contribution in [0.3, 0.4) is 0 Å². The topological polar surface area (TPSA) is 45.8 Å². The first-order chi connectivity index (χ1) is 9.72. The number of aryl methyl sites for hydroxylation is 1. The number of rotatable bonds is 2. The Kier molecular flexibility index (Phi) is 4.01. The van der Waals surface area contributed by atoms with Gasteiger partial charge in [0.15, 0.2) is 0 Å². The van der Waals surface area contributed by atoms with Crippen molar-refractivity contribution in [2.24, 2.45) is 0 Å². The highest BCUT2D eigenvalue weighted by molar-refractivity contribution is 9.10. The highest BCUT2D eigenvalue weighted by Crippen LogP contribution is 2.17. The number of nitrogens with zero attached hydrogens (tertiary/aromatic N) is 1. The molecule has 1 aromatic heterocycles. The molecule has 1 aliphatic rings. The maximum atomic E-state index is 12.2. The van der Waals surface area contributed by atoms with Gasteiger partial charge in [0, 0.05) is 16.5 Å². The van der Waals surface area contributed by atoms with Gasteiger partial charge in [-0.2, -0.15) is 0 Å². The maximum Gasteiger partial charge on any atom is 0.254 e. The first-order valence-corrected chi connectivity index (χ1v) is 7.87. The molecule has 0 aliphatic heterocycles. The summed E-state index contributed by atoms with van der Waals surface area (Å²) in [5, 5.41) is 0. The molecular weight excluding hydrogens is 316 g/mol. The lowest BCUT2D eigenvalue weighted by Crippen LogP contribution is -2.19. The molecular formula is C16H17BrN2O. The molecule has 104 valence electrons.